The Morgan fingerprint density at radius 3 is 2.27 bits per heavy atom. The van der Waals surface area contributed by atoms with Crippen molar-refractivity contribution < 1.29 is 13.9 Å². The largest absolute Gasteiger partial charge is 0.460 e. The summed E-state index contributed by atoms with van der Waals surface area (Å²) in [6, 6.07) is 0. The van der Waals surface area contributed by atoms with Crippen molar-refractivity contribution in [3.63, 3.8) is 0 Å². The molecule has 11 heavy (non-hydrogen) atoms. The van der Waals surface area contributed by atoms with Crippen molar-refractivity contribution in [2.75, 3.05) is 0 Å². The standard InChI is InChI=1S/C8H15FO2/c1-6(9)5-7(10)11-8(2,3)4/h6H,5H2,1-4H3. The number of hydrogen-bond donors (Lipinski definition) is 0. The average molecular weight is 162 g/mol. The third kappa shape index (κ3) is 7.30. The maximum atomic E-state index is 12.2. The van der Waals surface area contributed by atoms with Crippen molar-refractivity contribution in [1.82, 2.24) is 0 Å². The molecule has 0 saturated carbocycles. The minimum absolute atomic E-state index is 0.155. The van der Waals surface area contributed by atoms with Gasteiger partial charge in [0.15, 0.2) is 0 Å². The van der Waals surface area contributed by atoms with E-state index in [1.165, 1.54) is 6.92 Å². The summed E-state index contributed by atoms with van der Waals surface area (Å²) in [4.78, 5) is 10.8. The summed E-state index contributed by atoms with van der Waals surface area (Å²) >= 11 is 0. The van der Waals surface area contributed by atoms with Gasteiger partial charge in [0.25, 0.3) is 0 Å². The van der Waals surface area contributed by atoms with Crippen LogP contribution in [0.15, 0.2) is 0 Å². The van der Waals surface area contributed by atoms with E-state index in [0.29, 0.717) is 0 Å². The molecule has 0 aliphatic heterocycles. The first-order valence-corrected chi connectivity index (χ1v) is 3.67. The Morgan fingerprint density at radius 1 is 1.55 bits per heavy atom. The number of esters is 1. The predicted molar refractivity (Wildman–Crippen MR) is 41.0 cm³/mol. The lowest BCUT2D eigenvalue weighted by molar-refractivity contribution is -0.155. The highest BCUT2D eigenvalue weighted by atomic mass is 19.1. The minimum atomic E-state index is -1.12. The van der Waals surface area contributed by atoms with E-state index in [1.807, 2.05) is 0 Å². The van der Waals surface area contributed by atoms with Gasteiger partial charge in [-0.05, 0) is 27.7 Å². The summed E-state index contributed by atoms with van der Waals surface area (Å²) in [7, 11) is 0. The van der Waals surface area contributed by atoms with Crippen molar-refractivity contribution in [2.45, 2.75) is 45.9 Å². The number of rotatable bonds is 2. The smallest absolute Gasteiger partial charge is 0.309 e. The molecule has 1 unspecified atom stereocenters. The normalized spacial score (nSPS) is 14.3. The van der Waals surface area contributed by atoms with Crippen LogP contribution < -0.4 is 0 Å². The second kappa shape index (κ2) is 3.69. The van der Waals surface area contributed by atoms with Crippen molar-refractivity contribution in [1.29, 1.82) is 0 Å². The molecule has 0 bridgehead atoms. The molecular weight excluding hydrogens is 147 g/mol. The molecule has 0 radical (unpaired) electrons. The molecule has 0 N–H and O–H groups in total. The highest BCUT2D eigenvalue weighted by molar-refractivity contribution is 5.70. The molecule has 0 amide bonds. The molecule has 1 atom stereocenters. The van der Waals surface area contributed by atoms with Crippen LogP contribution in [0.5, 0.6) is 0 Å². The SMILES string of the molecule is CC(F)CC(=O)OC(C)(C)C. The lowest BCUT2D eigenvalue weighted by Crippen LogP contribution is -2.25. The van der Waals surface area contributed by atoms with Gasteiger partial charge >= 0.3 is 5.97 Å². The first-order valence-electron chi connectivity index (χ1n) is 3.67. The van der Waals surface area contributed by atoms with E-state index in [9.17, 15) is 9.18 Å². The third-order valence-corrected chi connectivity index (χ3v) is 0.868. The van der Waals surface area contributed by atoms with Gasteiger partial charge in [-0.3, -0.25) is 4.79 Å². The van der Waals surface area contributed by atoms with E-state index in [4.69, 9.17) is 4.74 Å². The zero-order valence-corrected chi connectivity index (χ0v) is 7.48. The number of carbonyl (C=O) groups excluding carboxylic acids is 1. The molecule has 2 nitrogen and oxygen atoms in total. The van der Waals surface area contributed by atoms with Crippen LogP contribution in [0.2, 0.25) is 0 Å². The van der Waals surface area contributed by atoms with E-state index in [0.717, 1.165) is 0 Å². The minimum Gasteiger partial charge on any atom is -0.460 e. The van der Waals surface area contributed by atoms with Crippen LogP contribution in [0.3, 0.4) is 0 Å². The van der Waals surface area contributed by atoms with Crippen LogP contribution in [-0.4, -0.2) is 17.7 Å². The molecule has 0 aromatic rings. The molecule has 0 fully saturated rings. The summed E-state index contributed by atoms with van der Waals surface area (Å²) in [6.45, 7) is 6.61. The summed E-state index contributed by atoms with van der Waals surface area (Å²) in [5, 5.41) is 0. The third-order valence-electron chi connectivity index (χ3n) is 0.868. The summed E-state index contributed by atoms with van der Waals surface area (Å²) in [5.41, 5.74) is -0.508. The number of ether oxygens (including phenoxy) is 1. The molecule has 0 heterocycles. The fraction of sp³-hybridized carbons (Fsp3) is 0.875. The maximum absolute atomic E-state index is 12.2. The summed E-state index contributed by atoms with van der Waals surface area (Å²) < 4.78 is 17.1. The molecule has 0 aliphatic rings. The Balaban J connectivity index is 3.71. The molecule has 0 aromatic heterocycles. The monoisotopic (exact) mass is 162 g/mol. The summed E-state index contributed by atoms with van der Waals surface area (Å²) in [6.07, 6.45) is -1.28. The number of alkyl halides is 1. The van der Waals surface area contributed by atoms with E-state index in [1.54, 1.807) is 20.8 Å². The number of carbonyl (C=O) groups is 1. The first-order chi connectivity index (χ1) is 4.81. The van der Waals surface area contributed by atoms with Crippen molar-refractivity contribution >= 4 is 5.97 Å². The van der Waals surface area contributed by atoms with E-state index in [-0.39, 0.29) is 6.42 Å². The molecule has 0 aromatic carbocycles. The van der Waals surface area contributed by atoms with Crippen LogP contribution in [0.1, 0.15) is 34.1 Å². The Labute approximate surface area is 66.7 Å². The van der Waals surface area contributed by atoms with Gasteiger partial charge in [-0.1, -0.05) is 0 Å². The Kier molecular flexibility index (Phi) is 3.49. The van der Waals surface area contributed by atoms with Crippen LogP contribution in [-0.2, 0) is 9.53 Å². The Morgan fingerprint density at radius 2 is 2.00 bits per heavy atom. The van der Waals surface area contributed by atoms with E-state index in [2.05, 4.69) is 0 Å². The van der Waals surface area contributed by atoms with Gasteiger partial charge < -0.3 is 4.74 Å². The fourth-order valence-electron chi connectivity index (χ4n) is 0.613. The lowest BCUT2D eigenvalue weighted by atomic mass is 10.2. The number of hydrogen-bond acceptors (Lipinski definition) is 2. The van der Waals surface area contributed by atoms with Crippen LogP contribution in [0.25, 0.3) is 0 Å². The Hall–Kier alpha value is -0.600. The Bertz CT molecular complexity index is 136. The molecular formula is C8H15FO2. The predicted octanol–water partition coefficient (Wildman–Crippen LogP) is 2.08. The molecule has 0 rings (SSSR count). The van der Waals surface area contributed by atoms with Gasteiger partial charge in [-0.25, -0.2) is 4.39 Å². The lowest BCUT2D eigenvalue weighted by Gasteiger charge is -2.19. The highest BCUT2D eigenvalue weighted by Crippen LogP contribution is 2.09. The average Bonchev–Trinajstić information content (AvgIpc) is 1.53. The van der Waals surface area contributed by atoms with Gasteiger partial charge in [0.2, 0.25) is 0 Å². The van der Waals surface area contributed by atoms with Gasteiger partial charge in [-0.2, -0.15) is 0 Å². The van der Waals surface area contributed by atoms with Crippen LogP contribution in [0, 0.1) is 0 Å². The number of halogens is 1. The summed E-state index contributed by atoms with van der Waals surface area (Å²) in [5.74, 6) is -0.479. The molecule has 3 heteroatoms. The van der Waals surface area contributed by atoms with E-state index < -0.39 is 17.7 Å². The molecule has 0 saturated heterocycles. The second-order valence-electron chi connectivity index (χ2n) is 3.57. The van der Waals surface area contributed by atoms with E-state index >= 15 is 0 Å². The topological polar surface area (TPSA) is 26.3 Å². The zero-order valence-electron chi connectivity index (χ0n) is 7.48. The van der Waals surface area contributed by atoms with Crippen LogP contribution >= 0.6 is 0 Å². The first kappa shape index (κ1) is 10.4. The van der Waals surface area contributed by atoms with Gasteiger partial charge in [0.1, 0.15) is 11.8 Å². The quantitative estimate of drug-likeness (QED) is 0.581. The van der Waals surface area contributed by atoms with Crippen molar-refractivity contribution in [3.8, 4) is 0 Å². The van der Waals surface area contributed by atoms with Crippen molar-refractivity contribution in [3.05, 3.63) is 0 Å². The highest BCUT2D eigenvalue weighted by Gasteiger charge is 2.17. The van der Waals surface area contributed by atoms with Crippen LogP contribution in [0.4, 0.5) is 4.39 Å². The van der Waals surface area contributed by atoms with Crippen molar-refractivity contribution in [2.24, 2.45) is 0 Å². The fourth-order valence-corrected chi connectivity index (χ4v) is 0.613. The van der Waals surface area contributed by atoms with Gasteiger partial charge in [0, 0.05) is 0 Å². The second-order valence-corrected chi connectivity index (χ2v) is 3.57. The molecule has 0 spiro atoms. The maximum Gasteiger partial charge on any atom is 0.309 e. The molecule has 0 aliphatic carbocycles. The van der Waals surface area contributed by atoms with Gasteiger partial charge in [-0.15, -0.1) is 0 Å². The van der Waals surface area contributed by atoms with Gasteiger partial charge in [0.05, 0.1) is 6.42 Å². The zero-order chi connectivity index (χ0) is 9.07. The molecule has 66 valence electrons.